The van der Waals surface area contributed by atoms with Crippen molar-refractivity contribution >= 4 is 38.0 Å². The average Bonchev–Trinajstić information content (AvgIpc) is 2.58. The molecular weight excluding hydrogens is 484 g/mol. The van der Waals surface area contributed by atoms with Gasteiger partial charge in [-0.3, -0.25) is 0 Å². The van der Waals surface area contributed by atoms with Gasteiger partial charge in [0.15, 0.2) is 0 Å². The fourth-order valence-corrected chi connectivity index (χ4v) is 3.78. The van der Waals surface area contributed by atoms with E-state index < -0.39 is 6.16 Å². The summed E-state index contributed by atoms with van der Waals surface area (Å²) >= 11 is 7.02. The zero-order chi connectivity index (χ0) is 21.1. The maximum Gasteiger partial charge on any atom is 0.508 e. The lowest BCUT2D eigenvalue weighted by Gasteiger charge is -2.24. The van der Waals surface area contributed by atoms with Crippen molar-refractivity contribution in [2.45, 2.75) is 65.6 Å². The molecule has 0 aliphatic carbocycles. The summed E-state index contributed by atoms with van der Waals surface area (Å²) in [6, 6.07) is 12.0. The topological polar surface area (TPSA) is 35.5 Å². The van der Waals surface area contributed by atoms with E-state index in [1.807, 2.05) is 24.3 Å². The molecule has 0 saturated carbocycles. The molecule has 0 saturated heterocycles. The van der Waals surface area contributed by atoms with Gasteiger partial charge in [0.05, 0.1) is 0 Å². The number of carbonyl (C=O) groups is 1. The van der Waals surface area contributed by atoms with Gasteiger partial charge in [0.2, 0.25) is 0 Å². The van der Waals surface area contributed by atoms with Gasteiger partial charge >= 0.3 is 6.16 Å². The molecular formula is C23H28Br2O3. The van der Waals surface area contributed by atoms with Gasteiger partial charge in [-0.1, -0.05) is 85.5 Å². The third-order valence-electron chi connectivity index (χ3n) is 4.45. The summed E-state index contributed by atoms with van der Waals surface area (Å²) in [5.41, 5.74) is 4.13. The van der Waals surface area contributed by atoms with Crippen molar-refractivity contribution in [3.8, 4) is 0 Å². The van der Waals surface area contributed by atoms with Crippen LogP contribution in [0.1, 0.15) is 63.8 Å². The molecule has 0 aliphatic heterocycles. The fraction of sp³-hybridized carbons (Fsp3) is 0.435. The Kier molecular flexibility index (Phi) is 7.38. The summed E-state index contributed by atoms with van der Waals surface area (Å²) in [5.74, 6) is 0. The molecule has 0 spiro atoms. The van der Waals surface area contributed by atoms with Crippen molar-refractivity contribution in [3.05, 3.63) is 67.6 Å². The highest BCUT2D eigenvalue weighted by Crippen LogP contribution is 2.30. The molecule has 5 heteroatoms. The highest BCUT2D eigenvalue weighted by atomic mass is 79.9. The minimum absolute atomic E-state index is 0.0502. The molecule has 152 valence electrons. The van der Waals surface area contributed by atoms with Crippen molar-refractivity contribution in [2.75, 3.05) is 0 Å². The molecule has 0 bridgehead atoms. The van der Waals surface area contributed by atoms with Crippen LogP contribution < -0.4 is 0 Å². The van der Waals surface area contributed by atoms with Crippen LogP contribution in [0.25, 0.3) is 0 Å². The van der Waals surface area contributed by atoms with E-state index in [4.69, 9.17) is 9.47 Å². The van der Waals surface area contributed by atoms with Gasteiger partial charge < -0.3 is 9.47 Å². The number of halogens is 2. The standard InChI is InChI=1S/C23H28Br2O3/c1-22(2,3)19-11-17(24)9-7-15(19)13-27-21(26)28-14-16-8-10-18(25)12-20(16)23(4,5)6/h7-12H,13-14H2,1-6H3. The summed E-state index contributed by atoms with van der Waals surface area (Å²) in [6.07, 6.45) is -0.662. The van der Waals surface area contributed by atoms with Crippen LogP contribution in [0.4, 0.5) is 4.79 Å². The Labute approximate surface area is 185 Å². The molecule has 0 radical (unpaired) electrons. The summed E-state index contributed by atoms with van der Waals surface area (Å²) in [7, 11) is 0. The van der Waals surface area contributed by atoms with E-state index in [-0.39, 0.29) is 24.0 Å². The SMILES string of the molecule is CC(C)(C)c1cc(Br)ccc1COC(=O)OCc1ccc(Br)cc1C(C)(C)C. The zero-order valence-electron chi connectivity index (χ0n) is 17.4. The normalized spacial score (nSPS) is 12.0. The minimum Gasteiger partial charge on any atom is -0.429 e. The number of ether oxygens (including phenoxy) is 2. The largest absolute Gasteiger partial charge is 0.508 e. The quantitative estimate of drug-likeness (QED) is 0.395. The molecule has 0 fully saturated rings. The number of hydrogen-bond acceptors (Lipinski definition) is 3. The van der Waals surface area contributed by atoms with Gasteiger partial charge in [0, 0.05) is 8.95 Å². The van der Waals surface area contributed by atoms with E-state index >= 15 is 0 Å². The van der Waals surface area contributed by atoms with E-state index in [2.05, 4.69) is 85.5 Å². The lowest BCUT2D eigenvalue weighted by Crippen LogP contribution is -2.17. The van der Waals surface area contributed by atoms with Crippen LogP contribution in [0.3, 0.4) is 0 Å². The zero-order valence-corrected chi connectivity index (χ0v) is 20.5. The molecule has 0 atom stereocenters. The molecule has 0 aromatic heterocycles. The van der Waals surface area contributed by atoms with E-state index in [9.17, 15) is 4.79 Å². The van der Waals surface area contributed by atoms with Gasteiger partial charge in [0.25, 0.3) is 0 Å². The molecule has 0 aliphatic rings. The predicted molar refractivity (Wildman–Crippen MR) is 121 cm³/mol. The average molecular weight is 512 g/mol. The first-order valence-electron chi connectivity index (χ1n) is 9.25. The Morgan fingerprint density at radius 3 is 1.43 bits per heavy atom. The third-order valence-corrected chi connectivity index (χ3v) is 5.44. The molecule has 2 aromatic carbocycles. The second kappa shape index (κ2) is 9.00. The monoisotopic (exact) mass is 510 g/mol. The van der Waals surface area contributed by atoms with E-state index in [1.54, 1.807) is 0 Å². The van der Waals surface area contributed by atoms with Crippen LogP contribution in [0.15, 0.2) is 45.3 Å². The van der Waals surface area contributed by atoms with Gasteiger partial charge in [-0.05, 0) is 57.3 Å². The summed E-state index contributed by atoms with van der Waals surface area (Å²) in [4.78, 5) is 12.2. The van der Waals surface area contributed by atoms with Crippen molar-refractivity contribution in [3.63, 3.8) is 0 Å². The molecule has 0 amide bonds. The first-order chi connectivity index (χ1) is 12.9. The first-order valence-corrected chi connectivity index (χ1v) is 10.8. The number of hydrogen-bond donors (Lipinski definition) is 0. The second-order valence-corrected chi connectivity index (χ2v) is 10.8. The van der Waals surface area contributed by atoms with Crippen molar-refractivity contribution < 1.29 is 14.3 Å². The Morgan fingerprint density at radius 1 is 0.750 bits per heavy atom. The van der Waals surface area contributed by atoms with Crippen molar-refractivity contribution in [1.29, 1.82) is 0 Å². The van der Waals surface area contributed by atoms with Gasteiger partial charge in [0.1, 0.15) is 13.2 Å². The molecule has 28 heavy (non-hydrogen) atoms. The van der Waals surface area contributed by atoms with E-state index in [1.165, 1.54) is 0 Å². The number of rotatable bonds is 4. The number of carbonyl (C=O) groups excluding carboxylic acids is 1. The van der Waals surface area contributed by atoms with E-state index in [0.717, 1.165) is 31.2 Å². The molecule has 2 aromatic rings. The first kappa shape index (κ1) is 23.0. The van der Waals surface area contributed by atoms with E-state index in [0.29, 0.717) is 0 Å². The summed E-state index contributed by atoms with van der Waals surface area (Å²) in [6.45, 7) is 13.2. The smallest absolute Gasteiger partial charge is 0.429 e. The van der Waals surface area contributed by atoms with Crippen LogP contribution in [-0.4, -0.2) is 6.16 Å². The lowest BCUT2D eigenvalue weighted by atomic mass is 9.84. The molecule has 0 unspecified atom stereocenters. The minimum atomic E-state index is -0.662. The Morgan fingerprint density at radius 2 is 1.11 bits per heavy atom. The van der Waals surface area contributed by atoms with Gasteiger partial charge in [-0.25, -0.2) is 4.79 Å². The van der Waals surface area contributed by atoms with Gasteiger partial charge in [-0.2, -0.15) is 0 Å². The van der Waals surface area contributed by atoms with Crippen LogP contribution in [0.2, 0.25) is 0 Å². The molecule has 0 N–H and O–H groups in total. The van der Waals surface area contributed by atoms with Crippen LogP contribution >= 0.6 is 31.9 Å². The lowest BCUT2D eigenvalue weighted by molar-refractivity contribution is 0.0440. The predicted octanol–water partition coefficient (Wildman–Crippen LogP) is 7.66. The molecule has 0 heterocycles. The maximum absolute atomic E-state index is 12.2. The Balaban J connectivity index is 2.04. The van der Waals surface area contributed by atoms with Crippen molar-refractivity contribution in [2.24, 2.45) is 0 Å². The Bertz CT molecular complexity index is 776. The highest BCUT2D eigenvalue weighted by Gasteiger charge is 2.21. The van der Waals surface area contributed by atoms with Crippen molar-refractivity contribution in [1.82, 2.24) is 0 Å². The maximum atomic E-state index is 12.2. The summed E-state index contributed by atoms with van der Waals surface area (Å²) < 4.78 is 12.8. The Hall–Kier alpha value is -1.33. The second-order valence-electron chi connectivity index (χ2n) is 8.93. The summed E-state index contributed by atoms with van der Waals surface area (Å²) in [5, 5.41) is 0. The molecule has 3 nitrogen and oxygen atoms in total. The van der Waals surface area contributed by atoms with Crippen LogP contribution in [0, 0.1) is 0 Å². The fourth-order valence-electron chi connectivity index (χ4n) is 3.06. The van der Waals surface area contributed by atoms with Gasteiger partial charge in [-0.15, -0.1) is 0 Å². The van der Waals surface area contributed by atoms with Crippen LogP contribution in [-0.2, 0) is 33.5 Å². The highest BCUT2D eigenvalue weighted by molar-refractivity contribution is 9.10. The number of benzene rings is 2. The molecule has 2 rings (SSSR count). The third kappa shape index (κ3) is 6.35. The van der Waals surface area contributed by atoms with Crippen LogP contribution in [0.5, 0.6) is 0 Å².